The van der Waals surface area contributed by atoms with Gasteiger partial charge in [-0.05, 0) is 31.2 Å². The molecule has 1 aliphatic heterocycles. The van der Waals surface area contributed by atoms with Crippen LogP contribution in [0.25, 0.3) is 0 Å². The van der Waals surface area contributed by atoms with Crippen molar-refractivity contribution in [1.82, 2.24) is 9.88 Å². The molecule has 2 aromatic rings. The molecule has 3 rings (SSSR count). The molecule has 1 aromatic heterocycles. The van der Waals surface area contributed by atoms with Crippen LogP contribution < -0.4 is 10.2 Å². The number of nitrogens with one attached hydrogen (secondary N) is 1. The average molecular weight is 314 g/mol. The van der Waals surface area contributed by atoms with Crippen molar-refractivity contribution in [2.75, 3.05) is 29.9 Å². The van der Waals surface area contributed by atoms with Gasteiger partial charge in [-0.1, -0.05) is 24.3 Å². The van der Waals surface area contributed by atoms with E-state index in [4.69, 9.17) is 0 Å². The van der Waals surface area contributed by atoms with Crippen molar-refractivity contribution in [1.29, 1.82) is 0 Å². The molecule has 0 aliphatic carbocycles. The van der Waals surface area contributed by atoms with Gasteiger partial charge in [0.05, 0.1) is 0 Å². The Labute approximate surface area is 134 Å². The topological polar surface area (TPSA) is 48.5 Å². The maximum Gasteiger partial charge on any atom is 0.321 e. The second kappa shape index (κ2) is 6.64. The minimum absolute atomic E-state index is 0.0690. The van der Waals surface area contributed by atoms with Crippen LogP contribution in [0.5, 0.6) is 0 Å². The van der Waals surface area contributed by atoms with Crippen LogP contribution in [0.15, 0.2) is 48.5 Å². The molecule has 0 spiro atoms. The zero-order valence-corrected chi connectivity index (χ0v) is 12.9. The highest BCUT2D eigenvalue weighted by Crippen LogP contribution is 2.19. The molecular weight excluding hydrogens is 295 g/mol. The lowest BCUT2D eigenvalue weighted by atomic mass is 10.2. The van der Waals surface area contributed by atoms with Crippen LogP contribution >= 0.6 is 0 Å². The number of pyridine rings is 1. The Morgan fingerprint density at radius 3 is 2.65 bits per heavy atom. The fourth-order valence-electron chi connectivity index (χ4n) is 2.76. The van der Waals surface area contributed by atoms with Crippen LogP contribution in [0, 0.1) is 5.95 Å². The smallest absolute Gasteiger partial charge is 0.321 e. The maximum atomic E-state index is 13.3. The number of nitrogens with zero attached hydrogens (tertiary/aromatic N) is 3. The molecule has 1 N–H and O–H groups in total. The number of carbonyl (C=O) groups is 1. The summed E-state index contributed by atoms with van der Waals surface area (Å²) in [6.45, 7) is 3.77. The molecule has 120 valence electrons. The highest BCUT2D eigenvalue weighted by atomic mass is 19.1. The Hall–Kier alpha value is -2.63. The zero-order valence-electron chi connectivity index (χ0n) is 12.9. The Balaban J connectivity index is 1.63. The molecule has 1 fully saturated rings. The van der Waals surface area contributed by atoms with Crippen LogP contribution in [0.2, 0.25) is 0 Å². The predicted molar refractivity (Wildman–Crippen MR) is 88.0 cm³/mol. The van der Waals surface area contributed by atoms with Crippen LogP contribution in [0.3, 0.4) is 0 Å². The third-order valence-corrected chi connectivity index (χ3v) is 3.93. The fraction of sp³-hybridized carbons (Fsp3) is 0.294. The molecule has 2 amide bonds. The van der Waals surface area contributed by atoms with Gasteiger partial charge >= 0.3 is 6.03 Å². The molecule has 1 unspecified atom stereocenters. The first-order valence-corrected chi connectivity index (χ1v) is 7.63. The number of carbonyl (C=O) groups excluding carboxylic acids is 1. The lowest BCUT2D eigenvalue weighted by molar-refractivity contribution is 0.200. The SMILES string of the molecule is CC1CN(C(=O)Nc2ccccc2)CCN1c1cccc(F)n1. The molecule has 0 radical (unpaired) electrons. The second-order valence-electron chi connectivity index (χ2n) is 5.60. The number of hydrogen-bond donors (Lipinski definition) is 1. The number of anilines is 2. The normalized spacial score (nSPS) is 17.9. The van der Waals surface area contributed by atoms with E-state index in [9.17, 15) is 9.18 Å². The standard InChI is InChI=1S/C17H19FN4O/c1-13-12-21(17(23)19-14-6-3-2-4-7-14)10-11-22(13)16-9-5-8-15(18)20-16/h2-9,13H,10-12H2,1H3,(H,19,23). The maximum absolute atomic E-state index is 13.3. The van der Waals surface area contributed by atoms with E-state index in [1.165, 1.54) is 6.07 Å². The second-order valence-corrected chi connectivity index (χ2v) is 5.60. The Morgan fingerprint density at radius 2 is 1.96 bits per heavy atom. The van der Waals surface area contributed by atoms with Crippen molar-refractivity contribution in [2.45, 2.75) is 13.0 Å². The number of halogens is 1. The molecular formula is C17H19FN4O. The molecule has 1 atom stereocenters. The van der Waals surface area contributed by atoms with E-state index in [0.717, 1.165) is 5.69 Å². The number of piperazine rings is 1. The number of benzene rings is 1. The highest BCUT2D eigenvalue weighted by Gasteiger charge is 2.27. The summed E-state index contributed by atoms with van der Waals surface area (Å²) in [6, 6.07) is 14.1. The van der Waals surface area contributed by atoms with E-state index in [0.29, 0.717) is 25.5 Å². The molecule has 0 saturated carbocycles. The summed E-state index contributed by atoms with van der Waals surface area (Å²) >= 11 is 0. The van der Waals surface area contributed by atoms with Crippen molar-refractivity contribution in [3.8, 4) is 0 Å². The van der Waals surface area contributed by atoms with Gasteiger partial charge in [0.25, 0.3) is 0 Å². The number of amides is 2. The lowest BCUT2D eigenvalue weighted by Gasteiger charge is -2.40. The van der Waals surface area contributed by atoms with E-state index in [1.807, 2.05) is 42.2 Å². The molecule has 5 nitrogen and oxygen atoms in total. The molecule has 1 aliphatic rings. The summed E-state index contributed by atoms with van der Waals surface area (Å²) in [4.78, 5) is 20.1. The van der Waals surface area contributed by atoms with Gasteiger partial charge in [0.15, 0.2) is 0 Å². The van der Waals surface area contributed by atoms with Gasteiger partial charge in [-0.25, -0.2) is 9.78 Å². The van der Waals surface area contributed by atoms with Gasteiger partial charge in [0.1, 0.15) is 5.82 Å². The fourth-order valence-corrected chi connectivity index (χ4v) is 2.76. The first-order chi connectivity index (χ1) is 11.1. The van der Waals surface area contributed by atoms with Gasteiger partial charge < -0.3 is 15.1 Å². The molecule has 23 heavy (non-hydrogen) atoms. The number of aromatic nitrogens is 1. The van der Waals surface area contributed by atoms with Gasteiger partial charge in [0, 0.05) is 31.4 Å². The minimum Gasteiger partial charge on any atom is -0.350 e. The van der Waals surface area contributed by atoms with Crippen molar-refractivity contribution in [3.05, 3.63) is 54.5 Å². The van der Waals surface area contributed by atoms with Crippen LogP contribution in [0.1, 0.15) is 6.92 Å². The summed E-state index contributed by atoms with van der Waals surface area (Å²) in [7, 11) is 0. The van der Waals surface area contributed by atoms with E-state index < -0.39 is 5.95 Å². The lowest BCUT2D eigenvalue weighted by Crippen LogP contribution is -2.55. The summed E-state index contributed by atoms with van der Waals surface area (Å²) in [5.74, 6) is 0.125. The van der Waals surface area contributed by atoms with E-state index in [1.54, 1.807) is 17.0 Å². The monoisotopic (exact) mass is 314 g/mol. The number of para-hydroxylation sites is 1. The van der Waals surface area contributed by atoms with Crippen LogP contribution in [-0.4, -0.2) is 41.6 Å². The van der Waals surface area contributed by atoms with E-state index >= 15 is 0 Å². The third-order valence-electron chi connectivity index (χ3n) is 3.93. The Bertz CT molecular complexity index is 679. The molecule has 6 heteroatoms. The van der Waals surface area contributed by atoms with Gasteiger partial charge in [-0.15, -0.1) is 0 Å². The summed E-state index contributed by atoms with van der Waals surface area (Å²) < 4.78 is 13.3. The Morgan fingerprint density at radius 1 is 1.17 bits per heavy atom. The average Bonchev–Trinajstić information content (AvgIpc) is 2.55. The van der Waals surface area contributed by atoms with E-state index in [-0.39, 0.29) is 12.1 Å². The van der Waals surface area contributed by atoms with Crippen LogP contribution in [-0.2, 0) is 0 Å². The largest absolute Gasteiger partial charge is 0.350 e. The summed E-state index contributed by atoms with van der Waals surface area (Å²) in [6.07, 6.45) is 0. The third kappa shape index (κ3) is 3.59. The molecule has 1 saturated heterocycles. The van der Waals surface area contributed by atoms with Crippen molar-refractivity contribution < 1.29 is 9.18 Å². The number of hydrogen-bond acceptors (Lipinski definition) is 3. The first-order valence-electron chi connectivity index (χ1n) is 7.63. The van der Waals surface area contributed by atoms with E-state index in [2.05, 4.69) is 10.3 Å². The van der Waals surface area contributed by atoms with Crippen LogP contribution in [0.4, 0.5) is 20.7 Å². The summed E-state index contributed by atoms with van der Waals surface area (Å²) in [5.41, 5.74) is 0.777. The van der Waals surface area contributed by atoms with Crippen molar-refractivity contribution in [2.24, 2.45) is 0 Å². The van der Waals surface area contributed by atoms with Crippen molar-refractivity contribution in [3.63, 3.8) is 0 Å². The predicted octanol–water partition coefficient (Wildman–Crippen LogP) is 2.96. The quantitative estimate of drug-likeness (QED) is 0.867. The minimum atomic E-state index is -0.487. The number of rotatable bonds is 2. The molecule has 1 aromatic carbocycles. The highest BCUT2D eigenvalue weighted by molar-refractivity contribution is 5.89. The number of urea groups is 1. The van der Waals surface area contributed by atoms with Gasteiger partial charge in [0.2, 0.25) is 5.95 Å². The molecule has 2 heterocycles. The van der Waals surface area contributed by atoms with Gasteiger partial charge in [-0.2, -0.15) is 4.39 Å². The molecule has 0 bridgehead atoms. The summed E-state index contributed by atoms with van der Waals surface area (Å²) in [5, 5.41) is 2.89. The van der Waals surface area contributed by atoms with Crippen molar-refractivity contribution >= 4 is 17.5 Å². The van der Waals surface area contributed by atoms with Gasteiger partial charge in [-0.3, -0.25) is 0 Å². The Kier molecular flexibility index (Phi) is 4.41. The zero-order chi connectivity index (χ0) is 16.2. The first kappa shape index (κ1) is 15.3.